The van der Waals surface area contributed by atoms with Crippen molar-refractivity contribution in [3.8, 4) is 11.8 Å². The highest BCUT2D eigenvalue weighted by molar-refractivity contribution is 6.19. The first-order valence-corrected chi connectivity index (χ1v) is 10.7. The number of rotatable bonds is 5. The summed E-state index contributed by atoms with van der Waals surface area (Å²) in [5.74, 6) is 5.64. The zero-order valence-corrected chi connectivity index (χ0v) is 18.6. The van der Waals surface area contributed by atoms with Gasteiger partial charge < -0.3 is 19.5 Å². The molecule has 4 rings (SSSR count). The van der Waals surface area contributed by atoms with Gasteiger partial charge >= 0.3 is 5.97 Å². The van der Waals surface area contributed by atoms with Gasteiger partial charge in [0.25, 0.3) is 5.56 Å². The second-order valence-electron chi connectivity index (χ2n) is 8.87. The highest BCUT2D eigenvalue weighted by Gasteiger charge is 2.39. The summed E-state index contributed by atoms with van der Waals surface area (Å²) in [5.41, 5.74) is 2.94. The average Bonchev–Trinajstić information content (AvgIpc) is 3.57. The molecular formula is C26H27NO5. The maximum absolute atomic E-state index is 13.1. The molecule has 1 heterocycles. The Bertz CT molecular complexity index is 1240. The van der Waals surface area contributed by atoms with Gasteiger partial charge in [0.05, 0.1) is 12.2 Å². The van der Waals surface area contributed by atoms with Gasteiger partial charge in [0, 0.05) is 36.4 Å². The SMILES string of the molecule is CC1=C(C(=O)OCc2cccc(CO)c2)c2c(C#CC(C)(O)C3CC3)cn(C)c(=O)c2C1. The molecule has 0 amide bonds. The molecule has 1 atom stereocenters. The fourth-order valence-corrected chi connectivity index (χ4v) is 4.17. The molecule has 2 N–H and O–H groups in total. The van der Waals surface area contributed by atoms with Crippen LogP contribution in [0.25, 0.3) is 5.57 Å². The maximum atomic E-state index is 13.1. The number of carbonyl (C=O) groups is 1. The quantitative estimate of drug-likeness (QED) is 0.559. The monoisotopic (exact) mass is 433 g/mol. The van der Waals surface area contributed by atoms with Crippen molar-refractivity contribution in [1.29, 1.82) is 0 Å². The third-order valence-electron chi connectivity index (χ3n) is 6.16. The summed E-state index contributed by atoms with van der Waals surface area (Å²) in [6, 6.07) is 7.20. The Kier molecular flexibility index (Phi) is 5.81. The number of aromatic nitrogens is 1. The number of hydrogen-bond acceptors (Lipinski definition) is 5. The van der Waals surface area contributed by atoms with Gasteiger partial charge in [0.15, 0.2) is 0 Å². The number of carbonyl (C=O) groups excluding carboxylic acids is 1. The second kappa shape index (κ2) is 8.42. The average molecular weight is 434 g/mol. The summed E-state index contributed by atoms with van der Waals surface area (Å²) in [4.78, 5) is 25.8. The number of benzene rings is 1. The number of hydrogen-bond donors (Lipinski definition) is 2. The molecule has 166 valence electrons. The molecule has 0 aliphatic heterocycles. The molecule has 2 aliphatic rings. The molecule has 0 radical (unpaired) electrons. The van der Waals surface area contributed by atoms with Crippen LogP contribution in [-0.2, 0) is 36.2 Å². The van der Waals surface area contributed by atoms with Gasteiger partial charge in [-0.05, 0) is 43.7 Å². The van der Waals surface area contributed by atoms with Crippen LogP contribution in [-0.4, -0.2) is 26.4 Å². The standard InChI is InChI=1S/C26H27NO5/c1-16-11-21-23(22(16)25(30)32-15-18-6-4-5-17(12-18)14-28)19(13-27(3)24(21)29)9-10-26(2,31)20-7-8-20/h4-6,12-13,20,28,31H,7-8,11,14-15H2,1-3H3. The molecule has 1 aromatic carbocycles. The van der Waals surface area contributed by atoms with Crippen molar-refractivity contribution >= 4 is 11.5 Å². The Morgan fingerprint density at radius 2 is 2.03 bits per heavy atom. The highest BCUT2D eigenvalue weighted by atomic mass is 16.5. The van der Waals surface area contributed by atoms with Crippen molar-refractivity contribution in [2.45, 2.75) is 51.9 Å². The molecule has 2 aromatic rings. The topological polar surface area (TPSA) is 88.8 Å². The van der Waals surface area contributed by atoms with Crippen LogP contribution in [0, 0.1) is 17.8 Å². The molecule has 1 saturated carbocycles. The molecule has 1 unspecified atom stereocenters. The van der Waals surface area contributed by atoms with Crippen LogP contribution >= 0.6 is 0 Å². The van der Waals surface area contributed by atoms with Crippen LogP contribution in [0.15, 0.2) is 40.8 Å². The smallest absolute Gasteiger partial charge is 0.339 e. The number of nitrogens with zero attached hydrogens (tertiary/aromatic N) is 1. The van der Waals surface area contributed by atoms with Crippen LogP contribution < -0.4 is 5.56 Å². The second-order valence-corrected chi connectivity index (χ2v) is 8.87. The van der Waals surface area contributed by atoms with Crippen LogP contribution in [0.3, 0.4) is 0 Å². The Labute approximate surface area is 187 Å². The number of ether oxygens (including phenoxy) is 1. The molecule has 2 aliphatic carbocycles. The Morgan fingerprint density at radius 1 is 1.31 bits per heavy atom. The number of aliphatic hydroxyl groups excluding tert-OH is 1. The summed E-state index contributed by atoms with van der Waals surface area (Å²) in [7, 11) is 1.66. The van der Waals surface area contributed by atoms with E-state index in [2.05, 4.69) is 11.8 Å². The van der Waals surface area contributed by atoms with Crippen molar-refractivity contribution < 1.29 is 19.7 Å². The lowest BCUT2D eigenvalue weighted by molar-refractivity contribution is -0.137. The van der Waals surface area contributed by atoms with Crippen molar-refractivity contribution in [3.05, 3.63) is 74.2 Å². The lowest BCUT2D eigenvalue weighted by Gasteiger charge is -2.15. The minimum atomic E-state index is -1.10. The van der Waals surface area contributed by atoms with E-state index in [1.807, 2.05) is 13.0 Å². The molecule has 1 aromatic heterocycles. The number of allylic oxidation sites excluding steroid dienone is 1. The first-order chi connectivity index (χ1) is 15.2. The molecule has 6 nitrogen and oxygen atoms in total. The number of aliphatic hydroxyl groups is 2. The predicted molar refractivity (Wildman–Crippen MR) is 120 cm³/mol. The largest absolute Gasteiger partial charge is 0.457 e. The van der Waals surface area contributed by atoms with E-state index < -0.39 is 11.6 Å². The summed E-state index contributed by atoms with van der Waals surface area (Å²) < 4.78 is 7.04. The summed E-state index contributed by atoms with van der Waals surface area (Å²) >= 11 is 0. The van der Waals surface area contributed by atoms with Crippen molar-refractivity contribution in [1.82, 2.24) is 4.57 Å². The Balaban J connectivity index is 1.67. The van der Waals surface area contributed by atoms with E-state index >= 15 is 0 Å². The third kappa shape index (κ3) is 4.27. The van der Waals surface area contributed by atoms with Gasteiger partial charge in [-0.15, -0.1) is 0 Å². The first-order valence-electron chi connectivity index (χ1n) is 10.7. The van der Waals surface area contributed by atoms with Crippen LogP contribution in [0.4, 0.5) is 0 Å². The molecule has 0 saturated heterocycles. The van der Waals surface area contributed by atoms with E-state index in [4.69, 9.17) is 4.74 Å². The minimum absolute atomic E-state index is 0.0566. The normalized spacial score (nSPS) is 16.8. The van der Waals surface area contributed by atoms with Gasteiger partial charge in [-0.25, -0.2) is 4.79 Å². The Morgan fingerprint density at radius 3 is 2.72 bits per heavy atom. The molecular weight excluding hydrogens is 406 g/mol. The van der Waals surface area contributed by atoms with Gasteiger partial charge in [-0.3, -0.25) is 4.79 Å². The fourth-order valence-electron chi connectivity index (χ4n) is 4.17. The number of aryl methyl sites for hydroxylation is 1. The van der Waals surface area contributed by atoms with E-state index in [0.717, 1.165) is 29.5 Å². The van der Waals surface area contributed by atoms with Crippen LogP contribution in [0.1, 0.15) is 54.5 Å². The lowest BCUT2D eigenvalue weighted by atomic mass is 9.98. The zero-order valence-electron chi connectivity index (χ0n) is 18.6. The predicted octanol–water partition coefficient (Wildman–Crippen LogP) is 2.46. The fraction of sp³-hybridized carbons (Fsp3) is 0.385. The first kappa shape index (κ1) is 22.1. The van der Waals surface area contributed by atoms with Gasteiger partial charge in [0.1, 0.15) is 12.2 Å². The lowest BCUT2D eigenvalue weighted by Crippen LogP contribution is -2.25. The minimum Gasteiger partial charge on any atom is -0.457 e. The van der Waals surface area contributed by atoms with Gasteiger partial charge in [-0.1, -0.05) is 41.7 Å². The molecule has 32 heavy (non-hydrogen) atoms. The van der Waals surface area contributed by atoms with E-state index in [1.54, 1.807) is 38.4 Å². The molecule has 6 heteroatoms. The molecule has 0 spiro atoms. The third-order valence-corrected chi connectivity index (χ3v) is 6.16. The highest BCUT2D eigenvalue weighted by Crippen LogP contribution is 2.39. The van der Waals surface area contributed by atoms with Gasteiger partial charge in [-0.2, -0.15) is 0 Å². The van der Waals surface area contributed by atoms with E-state index in [1.165, 1.54) is 4.57 Å². The van der Waals surface area contributed by atoms with Gasteiger partial charge in [0.2, 0.25) is 0 Å². The van der Waals surface area contributed by atoms with E-state index in [9.17, 15) is 19.8 Å². The molecule has 1 fully saturated rings. The van der Waals surface area contributed by atoms with Crippen molar-refractivity contribution in [3.63, 3.8) is 0 Å². The number of esters is 1. The molecule has 0 bridgehead atoms. The summed E-state index contributed by atoms with van der Waals surface area (Å²) in [5, 5.41) is 19.9. The zero-order chi connectivity index (χ0) is 23.0. The Hall–Kier alpha value is -3.14. The van der Waals surface area contributed by atoms with E-state index in [0.29, 0.717) is 28.7 Å². The summed E-state index contributed by atoms with van der Waals surface area (Å²) in [6.07, 6.45) is 3.87. The maximum Gasteiger partial charge on any atom is 0.339 e. The van der Waals surface area contributed by atoms with Crippen molar-refractivity contribution in [2.75, 3.05) is 0 Å². The van der Waals surface area contributed by atoms with Crippen LogP contribution in [0.2, 0.25) is 0 Å². The number of fused-ring (bicyclic) bond motifs is 1. The number of pyridine rings is 1. The van der Waals surface area contributed by atoms with Crippen molar-refractivity contribution in [2.24, 2.45) is 13.0 Å². The summed E-state index contributed by atoms with van der Waals surface area (Å²) in [6.45, 7) is 3.49. The van der Waals surface area contributed by atoms with E-state index in [-0.39, 0.29) is 24.7 Å². The van der Waals surface area contributed by atoms with Crippen LogP contribution in [0.5, 0.6) is 0 Å².